The molecule has 0 fully saturated rings. The van der Waals surface area contributed by atoms with Crippen LogP contribution in [0.1, 0.15) is 0 Å². The van der Waals surface area contributed by atoms with Crippen molar-refractivity contribution in [1.29, 1.82) is 0 Å². The first kappa shape index (κ1) is 15.4. The van der Waals surface area contributed by atoms with Crippen molar-refractivity contribution in [3.63, 3.8) is 0 Å². The molecular formula is C14H18ClN3O. The molecule has 19 heavy (non-hydrogen) atoms. The molecule has 0 amide bonds. The van der Waals surface area contributed by atoms with Gasteiger partial charge in [0.05, 0.1) is 5.69 Å². The van der Waals surface area contributed by atoms with Crippen LogP contribution in [0.2, 0.25) is 0 Å². The Kier molecular flexibility index (Phi) is 5.73. The monoisotopic (exact) mass is 279 g/mol. The van der Waals surface area contributed by atoms with Crippen molar-refractivity contribution in [3.05, 3.63) is 53.1 Å². The Hall–Kier alpha value is -1.65. The van der Waals surface area contributed by atoms with E-state index in [-0.39, 0.29) is 18.0 Å². The van der Waals surface area contributed by atoms with Crippen molar-refractivity contribution in [3.8, 4) is 11.3 Å². The van der Waals surface area contributed by atoms with Crippen LogP contribution in [0.4, 0.5) is 0 Å². The number of nitrogens with zero attached hydrogens (tertiary/aromatic N) is 3. The van der Waals surface area contributed by atoms with E-state index < -0.39 is 0 Å². The van der Waals surface area contributed by atoms with Gasteiger partial charge in [-0.05, 0) is 32.3 Å². The van der Waals surface area contributed by atoms with Crippen LogP contribution in [0, 0.1) is 0 Å². The van der Waals surface area contributed by atoms with Gasteiger partial charge >= 0.3 is 0 Å². The smallest absolute Gasteiger partial charge is 0.250 e. The van der Waals surface area contributed by atoms with Gasteiger partial charge in [0.2, 0.25) is 0 Å². The molecule has 0 saturated heterocycles. The summed E-state index contributed by atoms with van der Waals surface area (Å²) in [5, 5.41) is 0. The summed E-state index contributed by atoms with van der Waals surface area (Å²) in [6, 6.07) is 9.18. The van der Waals surface area contributed by atoms with Gasteiger partial charge in [-0.1, -0.05) is 6.07 Å². The van der Waals surface area contributed by atoms with Gasteiger partial charge in [-0.2, -0.15) is 0 Å². The molecule has 0 aliphatic rings. The Balaban J connectivity index is 0.00000180. The van der Waals surface area contributed by atoms with E-state index in [1.54, 1.807) is 16.8 Å². The second kappa shape index (κ2) is 7.07. The summed E-state index contributed by atoms with van der Waals surface area (Å²) in [7, 11) is 3.99. The van der Waals surface area contributed by atoms with E-state index in [1.807, 2.05) is 44.6 Å². The molecule has 0 aromatic carbocycles. The predicted molar refractivity (Wildman–Crippen MR) is 79.7 cm³/mol. The van der Waals surface area contributed by atoms with E-state index in [0.29, 0.717) is 6.54 Å². The first-order valence-corrected chi connectivity index (χ1v) is 5.93. The molecule has 2 aromatic heterocycles. The van der Waals surface area contributed by atoms with Crippen LogP contribution in [0.3, 0.4) is 0 Å². The number of hydrogen-bond acceptors (Lipinski definition) is 3. The Morgan fingerprint density at radius 3 is 2.63 bits per heavy atom. The number of aromatic nitrogens is 2. The molecule has 0 radical (unpaired) electrons. The molecular weight excluding hydrogens is 262 g/mol. The maximum atomic E-state index is 11.7. The molecule has 4 nitrogen and oxygen atoms in total. The zero-order valence-electron chi connectivity index (χ0n) is 11.1. The number of pyridine rings is 2. The highest BCUT2D eigenvalue weighted by atomic mass is 35.5. The van der Waals surface area contributed by atoms with Crippen molar-refractivity contribution >= 4 is 12.4 Å². The normalized spacial score (nSPS) is 10.3. The van der Waals surface area contributed by atoms with Gasteiger partial charge in [0.25, 0.3) is 5.56 Å². The number of likely N-dealkylation sites (N-methyl/N-ethyl adjacent to an activating group) is 1. The first-order chi connectivity index (χ1) is 8.66. The van der Waals surface area contributed by atoms with Crippen LogP contribution in [0.25, 0.3) is 11.3 Å². The van der Waals surface area contributed by atoms with Gasteiger partial charge in [0, 0.05) is 37.1 Å². The van der Waals surface area contributed by atoms with Crippen LogP contribution in [0.15, 0.2) is 47.5 Å². The molecule has 0 aliphatic carbocycles. The highest BCUT2D eigenvalue weighted by molar-refractivity contribution is 5.85. The highest BCUT2D eigenvalue weighted by Crippen LogP contribution is 2.13. The minimum atomic E-state index is 0. The molecule has 2 heterocycles. The maximum absolute atomic E-state index is 11.7. The third kappa shape index (κ3) is 4.19. The van der Waals surface area contributed by atoms with Crippen LogP contribution >= 0.6 is 12.4 Å². The topological polar surface area (TPSA) is 38.1 Å². The Labute approximate surface area is 119 Å². The average Bonchev–Trinajstić information content (AvgIpc) is 2.38. The molecule has 0 bridgehead atoms. The lowest BCUT2D eigenvalue weighted by atomic mass is 10.2. The summed E-state index contributed by atoms with van der Waals surface area (Å²) < 4.78 is 1.73. The van der Waals surface area contributed by atoms with E-state index in [1.165, 1.54) is 0 Å². The molecule has 102 valence electrons. The van der Waals surface area contributed by atoms with E-state index in [2.05, 4.69) is 9.88 Å². The third-order valence-electron chi connectivity index (χ3n) is 2.73. The van der Waals surface area contributed by atoms with Crippen molar-refractivity contribution in [1.82, 2.24) is 14.5 Å². The Morgan fingerprint density at radius 2 is 2.00 bits per heavy atom. The molecule has 0 spiro atoms. The van der Waals surface area contributed by atoms with E-state index in [0.717, 1.165) is 17.8 Å². The van der Waals surface area contributed by atoms with Crippen LogP contribution < -0.4 is 5.56 Å². The van der Waals surface area contributed by atoms with Gasteiger partial charge in [-0.25, -0.2) is 0 Å². The summed E-state index contributed by atoms with van der Waals surface area (Å²) in [6.45, 7) is 1.53. The van der Waals surface area contributed by atoms with Crippen molar-refractivity contribution in [2.24, 2.45) is 0 Å². The molecule has 2 aromatic rings. The standard InChI is InChI=1S/C14H17N3O.ClH/c1-16(2)9-10-17-11-12(6-7-14(17)18)13-5-3-4-8-15-13;/h3-8,11H,9-10H2,1-2H3;1H. The molecule has 2 rings (SSSR count). The fraction of sp³-hybridized carbons (Fsp3) is 0.286. The van der Waals surface area contributed by atoms with E-state index in [9.17, 15) is 4.79 Å². The summed E-state index contributed by atoms with van der Waals surface area (Å²) in [5.41, 5.74) is 1.88. The van der Waals surface area contributed by atoms with Gasteiger partial charge in [-0.15, -0.1) is 12.4 Å². The van der Waals surface area contributed by atoms with Gasteiger partial charge < -0.3 is 9.47 Å². The Morgan fingerprint density at radius 1 is 1.21 bits per heavy atom. The lowest BCUT2D eigenvalue weighted by Gasteiger charge is -2.12. The number of rotatable bonds is 4. The van der Waals surface area contributed by atoms with Crippen molar-refractivity contribution in [2.45, 2.75) is 6.54 Å². The highest BCUT2D eigenvalue weighted by Gasteiger charge is 2.02. The molecule has 0 N–H and O–H groups in total. The molecule has 0 saturated carbocycles. The fourth-order valence-electron chi connectivity index (χ4n) is 1.70. The van der Waals surface area contributed by atoms with Gasteiger partial charge in [0.15, 0.2) is 0 Å². The quantitative estimate of drug-likeness (QED) is 0.858. The summed E-state index contributed by atoms with van der Waals surface area (Å²) >= 11 is 0. The molecule has 0 aliphatic heterocycles. The minimum Gasteiger partial charge on any atom is -0.314 e. The van der Waals surface area contributed by atoms with Crippen LogP contribution in [-0.2, 0) is 6.54 Å². The van der Waals surface area contributed by atoms with Gasteiger partial charge in [0.1, 0.15) is 0 Å². The van der Waals surface area contributed by atoms with E-state index in [4.69, 9.17) is 0 Å². The molecule has 0 atom stereocenters. The number of halogens is 1. The number of hydrogen-bond donors (Lipinski definition) is 0. The maximum Gasteiger partial charge on any atom is 0.250 e. The molecule has 5 heteroatoms. The SMILES string of the molecule is CN(C)CCn1cc(-c2ccccn2)ccc1=O.Cl. The minimum absolute atomic E-state index is 0. The zero-order valence-corrected chi connectivity index (χ0v) is 11.9. The lowest BCUT2D eigenvalue weighted by molar-refractivity contribution is 0.381. The third-order valence-corrected chi connectivity index (χ3v) is 2.73. The van der Waals surface area contributed by atoms with Crippen molar-refractivity contribution < 1.29 is 0 Å². The van der Waals surface area contributed by atoms with Crippen LogP contribution in [-0.4, -0.2) is 35.1 Å². The average molecular weight is 280 g/mol. The summed E-state index contributed by atoms with van der Waals surface area (Å²) in [6.07, 6.45) is 3.62. The van der Waals surface area contributed by atoms with Gasteiger partial charge in [-0.3, -0.25) is 9.78 Å². The second-order valence-corrected chi connectivity index (χ2v) is 4.47. The predicted octanol–water partition coefficient (Wildman–Crippen LogP) is 1.89. The first-order valence-electron chi connectivity index (χ1n) is 5.93. The Bertz CT molecular complexity index is 566. The summed E-state index contributed by atoms with van der Waals surface area (Å²) in [5.74, 6) is 0. The molecule has 0 unspecified atom stereocenters. The summed E-state index contributed by atoms with van der Waals surface area (Å²) in [4.78, 5) is 18.1. The van der Waals surface area contributed by atoms with Crippen LogP contribution in [0.5, 0.6) is 0 Å². The van der Waals surface area contributed by atoms with E-state index >= 15 is 0 Å². The van der Waals surface area contributed by atoms with Crippen molar-refractivity contribution in [2.75, 3.05) is 20.6 Å². The zero-order chi connectivity index (χ0) is 13.0. The second-order valence-electron chi connectivity index (χ2n) is 4.47. The largest absolute Gasteiger partial charge is 0.314 e. The fourth-order valence-corrected chi connectivity index (χ4v) is 1.70. The lowest BCUT2D eigenvalue weighted by Crippen LogP contribution is -2.25.